The van der Waals surface area contributed by atoms with Gasteiger partial charge in [-0.15, -0.1) is 0 Å². The summed E-state index contributed by atoms with van der Waals surface area (Å²) in [7, 11) is 0. The smallest absolute Gasteiger partial charge is 0.341 e. The molecule has 25 heavy (non-hydrogen) atoms. The van der Waals surface area contributed by atoms with Crippen LogP contribution in [0.3, 0.4) is 0 Å². The maximum absolute atomic E-state index is 12.3. The van der Waals surface area contributed by atoms with Gasteiger partial charge in [-0.05, 0) is 42.8 Å². The number of halogens is 1. The molecule has 8 nitrogen and oxygen atoms in total. The molecule has 0 aliphatic rings. The number of carbonyl (C=O) groups is 2. The number of hydrogen-bond donors (Lipinski definition) is 2. The Morgan fingerprint density at radius 3 is 2.60 bits per heavy atom. The van der Waals surface area contributed by atoms with Crippen molar-refractivity contribution < 1.29 is 24.4 Å². The Kier molecular flexibility index (Phi) is 5.56. The number of amides is 1. The van der Waals surface area contributed by atoms with Gasteiger partial charge in [0.15, 0.2) is 6.61 Å². The highest BCUT2D eigenvalue weighted by Gasteiger charge is 2.17. The number of aryl methyl sites for hydroxylation is 1. The van der Waals surface area contributed by atoms with Crippen LogP contribution in [0.2, 0.25) is 5.02 Å². The van der Waals surface area contributed by atoms with Crippen LogP contribution in [-0.2, 0) is 4.79 Å². The van der Waals surface area contributed by atoms with Crippen LogP contribution in [0.25, 0.3) is 0 Å². The minimum atomic E-state index is -1.10. The van der Waals surface area contributed by atoms with E-state index in [-0.39, 0.29) is 16.3 Å². The summed E-state index contributed by atoms with van der Waals surface area (Å²) < 4.78 is 5.05. The molecule has 0 bridgehead atoms. The molecule has 0 atom stereocenters. The second kappa shape index (κ2) is 7.63. The fourth-order valence-corrected chi connectivity index (χ4v) is 2.19. The van der Waals surface area contributed by atoms with E-state index in [1.807, 2.05) is 0 Å². The number of carbonyl (C=O) groups excluding carboxylic acids is 1. The molecule has 0 spiro atoms. The van der Waals surface area contributed by atoms with Gasteiger partial charge in [0, 0.05) is 17.3 Å². The third kappa shape index (κ3) is 4.67. The summed E-state index contributed by atoms with van der Waals surface area (Å²) in [4.78, 5) is 33.0. The number of nitro groups is 1. The van der Waals surface area contributed by atoms with Crippen molar-refractivity contribution >= 4 is 34.9 Å². The largest absolute Gasteiger partial charge is 0.482 e. The Morgan fingerprint density at radius 1 is 1.28 bits per heavy atom. The van der Waals surface area contributed by atoms with Crippen LogP contribution in [-0.4, -0.2) is 28.5 Å². The fourth-order valence-electron chi connectivity index (χ4n) is 2.00. The van der Waals surface area contributed by atoms with E-state index in [1.54, 1.807) is 19.1 Å². The van der Waals surface area contributed by atoms with E-state index in [0.717, 1.165) is 6.07 Å². The van der Waals surface area contributed by atoms with Gasteiger partial charge in [-0.25, -0.2) is 4.79 Å². The predicted molar refractivity (Wildman–Crippen MR) is 90.4 cm³/mol. The van der Waals surface area contributed by atoms with Crippen LogP contribution in [0, 0.1) is 17.0 Å². The zero-order valence-electron chi connectivity index (χ0n) is 13.0. The highest BCUT2D eigenvalue weighted by molar-refractivity contribution is 6.32. The topological polar surface area (TPSA) is 119 Å². The molecule has 0 heterocycles. The van der Waals surface area contributed by atoms with E-state index in [1.165, 1.54) is 18.2 Å². The van der Waals surface area contributed by atoms with Gasteiger partial charge in [0.05, 0.1) is 4.92 Å². The van der Waals surface area contributed by atoms with E-state index < -0.39 is 23.4 Å². The molecular weight excluding hydrogens is 352 g/mol. The first kappa shape index (κ1) is 18.2. The minimum Gasteiger partial charge on any atom is -0.482 e. The van der Waals surface area contributed by atoms with Gasteiger partial charge in [0.1, 0.15) is 10.8 Å². The normalized spacial score (nSPS) is 10.2. The van der Waals surface area contributed by atoms with Crippen LogP contribution in [0.1, 0.15) is 15.9 Å². The average molecular weight is 365 g/mol. The number of carboxylic acids is 1. The van der Waals surface area contributed by atoms with Gasteiger partial charge >= 0.3 is 5.97 Å². The van der Waals surface area contributed by atoms with Crippen molar-refractivity contribution in [3.05, 3.63) is 62.7 Å². The zero-order chi connectivity index (χ0) is 18.6. The van der Waals surface area contributed by atoms with Crippen LogP contribution in [0.15, 0.2) is 36.4 Å². The number of ether oxygens (including phenoxy) is 1. The molecule has 9 heteroatoms. The fraction of sp³-hybridized carbons (Fsp3) is 0.125. The number of aliphatic carboxylic acids is 1. The number of rotatable bonds is 6. The summed E-state index contributed by atoms with van der Waals surface area (Å²) in [5.74, 6) is -1.29. The number of nitro benzene ring substituents is 1. The molecule has 0 saturated heterocycles. The van der Waals surface area contributed by atoms with Crippen LogP contribution in [0.5, 0.6) is 5.75 Å². The van der Waals surface area contributed by atoms with Gasteiger partial charge in [-0.1, -0.05) is 11.6 Å². The van der Waals surface area contributed by atoms with Crippen molar-refractivity contribution in [1.82, 2.24) is 0 Å². The molecule has 1 amide bonds. The quantitative estimate of drug-likeness (QED) is 0.599. The van der Waals surface area contributed by atoms with Crippen molar-refractivity contribution in [2.75, 3.05) is 11.9 Å². The zero-order valence-corrected chi connectivity index (χ0v) is 13.7. The number of carboxylic acid groups (broad SMARTS) is 1. The van der Waals surface area contributed by atoms with Crippen molar-refractivity contribution in [2.24, 2.45) is 0 Å². The highest BCUT2D eigenvalue weighted by Crippen LogP contribution is 2.26. The Labute approximate surface area is 147 Å². The number of hydrogen-bond acceptors (Lipinski definition) is 5. The monoisotopic (exact) mass is 364 g/mol. The van der Waals surface area contributed by atoms with Crippen LogP contribution < -0.4 is 10.1 Å². The van der Waals surface area contributed by atoms with Crippen molar-refractivity contribution in [1.29, 1.82) is 0 Å². The summed E-state index contributed by atoms with van der Waals surface area (Å²) in [5, 5.41) is 22.0. The SMILES string of the molecule is Cc1cc(OCC(=O)O)ccc1NC(=O)c1ccc(Cl)c([N+](=O)[O-])c1. The molecule has 0 radical (unpaired) electrons. The summed E-state index contributed by atoms with van der Waals surface area (Å²) in [5.41, 5.74) is 0.829. The first-order chi connectivity index (χ1) is 11.8. The lowest BCUT2D eigenvalue weighted by Crippen LogP contribution is -2.13. The van der Waals surface area contributed by atoms with Gasteiger partial charge in [-0.2, -0.15) is 0 Å². The lowest BCUT2D eigenvalue weighted by molar-refractivity contribution is -0.384. The van der Waals surface area contributed by atoms with Gasteiger partial charge in [-0.3, -0.25) is 14.9 Å². The molecule has 2 aromatic carbocycles. The molecule has 130 valence electrons. The molecule has 2 N–H and O–H groups in total. The molecular formula is C16H13ClN2O6. The van der Waals surface area contributed by atoms with E-state index >= 15 is 0 Å². The number of nitrogens with zero attached hydrogens (tertiary/aromatic N) is 1. The van der Waals surface area contributed by atoms with Crippen molar-refractivity contribution in [3.63, 3.8) is 0 Å². The molecule has 0 aliphatic heterocycles. The second-order valence-corrected chi connectivity index (χ2v) is 5.44. The first-order valence-electron chi connectivity index (χ1n) is 6.98. The number of nitrogens with one attached hydrogen (secondary N) is 1. The van der Waals surface area contributed by atoms with Crippen LogP contribution >= 0.6 is 11.6 Å². The maximum Gasteiger partial charge on any atom is 0.341 e. The number of anilines is 1. The van der Waals surface area contributed by atoms with E-state index in [0.29, 0.717) is 17.0 Å². The lowest BCUT2D eigenvalue weighted by atomic mass is 10.1. The van der Waals surface area contributed by atoms with Gasteiger partial charge < -0.3 is 15.2 Å². The van der Waals surface area contributed by atoms with E-state index in [4.69, 9.17) is 21.4 Å². The van der Waals surface area contributed by atoms with Gasteiger partial charge in [0.25, 0.3) is 11.6 Å². The first-order valence-corrected chi connectivity index (χ1v) is 7.36. The Balaban J connectivity index is 2.16. The third-order valence-electron chi connectivity index (χ3n) is 3.21. The molecule has 2 rings (SSSR count). The number of benzene rings is 2. The average Bonchev–Trinajstić information content (AvgIpc) is 2.55. The summed E-state index contributed by atoms with van der Waals surface area (Å²) in [6.45, 7) is 1.23. The molecule has 0 aliphatic carbocycles. The highest BCUT2D eigenvalue weighted by atomic mass is 35.5. The molecule has 0 unspecified atom stereocenters. The maximum atomic E-state index is 12.3. The Bertz CT molecular complexity index is 853. The lowest BCUT2D eigenvalue weighted by Gasteiger charge is -2.11. The minimum absolute atomic E-state index is 0.0577. The molecule has 2 aromatic rings. The molecule has 0 fully saturated rings. The van der Waals surface area contributed by atoms with Crippen molar-refractivity contribution in [3.8, 4) is 5.75 Å². The summed E-state index contributed by atoms with van der Waals surface area (Å²) in [6.07, 6.45) is 0. The van der Waals surface area contributed by atoms with Crippen molar-refractivity contribution in [2.45, 2.75) is 6.92 Å². The summed E-state index contributed by atoms with van der Waals surface area (Å²) in [6, 6.07) is 8.39. The third-order valence-corrected chi connectivity index (χ3v) is 3.53. The molecule has 0 aromatic heterocycles. The standard InChI is InChI=1S/C16H13ClN2O6/c1-9-6-11(25-8-15(20)21)3-5-13(9)18-16(22)10-2-4-12(17)14(7-10)19(23)24/h2-7H,8H2,1H3,(H,18,22)(H,20,21). The Morgan fingerprint density at radius 2 is 2.00 bits per heavy atom. The van der Waals surface area contributed by atoms with Crippen LogP contribution in [0.4, 0.5) is 11.4 Å². The Hall–Kier alpha value is -3.13. The summed E-state index contributed by atoms with van der Waals surface area (Å²) >= 11 is 5.72. The van der Waals surface area contributed by atoms with Gasteiger partial charge in [0.2, 0.25) is 0 Å². The second-order valence-electron chi connectivity index (χ2n) is 5.04. The van der Waals surface area contributed by atoms with E-state index in [9.17, 15) is 19.7 Å². The molecule has 0 saturated carbocycles. The van der Waals surface area contributed by atoms with E-state index in [2.05, 4.69) is 5.32 Å². The predicted octanol–water partition coefficient (Wildman–Crippen LogP) is 3.27.